The van der Waals surface area contributed by atoms with Crippen LogP contribution in [0.25, 0.3) is 11.4 Å². The number of carbonyl (C=O) groups excluding carboxylic acids is 1. The Hall–Kier alpha value is -2.17. The molecule has 7 rings (SSSR count). The molecule has 0 aliphatic heterocycles. The molecule has 5 fully saturated rings. The Morgan fingerprint density at radius 2 is 1.75 bits per heavy atom. The molecule has 0 saturated heterocycles. The maximum atomic E-state index is 14.3. The maximum absolute atomic E-state index is 14.3. The zero-order valence-electron chi connectivity index (χ0n) is 19.3. The SMILES string of the molecule is Cc1cccc(-c2noc(CN(C(=O)C34CC5CC(CC(C5)C3)C4)C3CCCCC3)n2)c1. The van der Waals surface area contributed by atoms with E-state index in [-0.39, 0.29) is 5.41 Å². The van der Waals surface area contributed by atoms with Crippen molar-refractivity contribution in [1.29, 1.82) is 0 Å². The van der Waals surface area contributed by atoms with Crippen LogP contribution >= 0.6 is 0 Å². The Morgan fingerprint density at radius 3 is 2.41 bits per heavy atom. The van der Waals surface area contributed by atoms with E-state index in [1.54, 1.807) is 0 Å². The Kier molecular flexibility index (Phi) is 5.11. The van der Waals surface area contributed by atoms with Gasteiger partial charge in [-0.1, -0.05) is 48.2 Å². The van der Waals surface area contributed by atoms with Crippen LogP contribution in [-0.2, 0) is 11.3 Å². The summed E-state index contributed by atoms with van der Waals surface area (Å²) in [5.41, 5.74) is 2.03. The van der Waals surface area contributed by atoms with Crippen LogP contribution in [0.5, 0.6) is 0 Å². The molecule has 170 valence electrons. The van der Waals surface area contributed by atoms with Crippen LogP contribution in [-0.4, -0.2) is 27.0 Å². The number of nitrogens with zero attached hydrogens (tertiary/aromatic N) is 3. The fourth-order valence-electron chi connectivity index (χ4n) is 7.80. The summed E-state index contributed by atoms with van der Waals surface area (Å²) in [5, 5.41) is 4.25. The summed E-state index contributed by atoms with van der Waals surface area (Å²) in [7, 11) is 0. The minimum Gasteiger partial charge on any atom is -0.337 e. The van der Waals surface area contributed by atoms with Gasteiger partial charge in [-0.05, 0) is 82.1 Å². The quantitative estimate of drug-likeness (QED) is 0.587. The molecular weight excluding hydrogens is 398 g/mol. The van der Waals surface area contributed by atoms with Crippen LogP contribution < -0.4 is 0 Å². The lowest BCUT2D eigenvalue weighted by molar-refractivity contribution is -0.162. The first-order chi connectivity index (χ1) is 15.6. The summed E-state index contributed by atoms with van der Waals surface area (Å²) in [6, 6.07) is 8.50. The fraction of sp³-hybridized carbons (Fsp3) is 0.667. The summed E-state index contributed by atoms with van der Waals surface area (Å²) >= 11 is 0. The summed E-state index contributed by atoms with van der Waals surface area (Å²) in [4.78, 5) is 21.2. The highest BCUT2D eigenvalue weighted by atomic mass is 16.5. The molecule has 5 aliphatic carbocycles. The molecule has 2 aromatic rings. The standard InChI is InChI=1S/C27H35N3O2/c1-18-6-5-7-22(10-18)25-28-24(32-29-25)17-30(23-8-3-2-4-9-23)26(31)27-14-19-11-20(15-27)13-21(12-19)16-27/h5-7,10,19-21,23H,2-4,8-9,11-17H2,1H3. The third-order valence-corrected chi connectivity index (χ3v) is 8.82. The highest BCUT2D eigenvalue weighted by Crippen LogP contribution is 2.60. The molecule has 0 spiro atoms. The average Bonchev–Trinajstić information content (AvgIpc) is 3.26. The predicted molar refractivity (Wildman–Crippen MR) is 122 cm³/mol. The smallest absolute Gasteiger partial charge is 0.246 e. The fourth-order valence-corrected chi connectivity index (χ4v) is 7.80. The lowest BCUT2D eigenvalue weighted by Gasteiger charge is -2.57. The predicted octanol–water partition coefficient (Wildman–Crippen LogP) is 5.92. The molecule has 1 heterocycles. The zero-order chi connectivity index (χ0) is 21.7. The van der Waals surface area contributed by atoms with Gasteiger partial charge in [-0.3, -0.25) is 4.79 Å². The van der Waals surface area contributed by atoms with E-state index in [0.717, 1.165) is 55.4 Å². The van der Waals surface area contributed by atoms with Crippen molar-refractivity contribution in [2.45, 2.75) is 90.1 Å². The number of aromatic nitrogens is 2. The third-order valence-electron chi connectivity index (χ3n) is 8.82. The van der Waals surface area contributed by atoms with Crippen LogP contribution in [0.3, 0.4) is 0 Å². The first-order valence-corrected chi connectivity index (χ1v) is 12.8. The monoisotopic (exact) mass is 433 g/mol. The minimum atomic E-state index is -0.119. The third kappa shape index (κ3) is 3.68. The van der Waals surface area contributed by atoms with Crippen LogP contribution in [0.1, 0.15) is 82.1 Å². The molecule has 5 nitrogen and oxygen atoms in total. The molecule has 5 saturated carbocycles. The van der Waals surface area contributed by atoms with Gasteiger partial charge in [0.25, 0.3) is 0 Å². The first kappa shape index (κ1) is 20.4. The molecular formula is C27H35N3O2. The van der Waals surface area contributed by atoms with Crippen molar-refractivity contribution in [1.82, 2.24) is 15.0 Å². The molecule has 5 heteroatoms. The number of benzene rings is 1. The summed E-state index contributed by atoms with van der Waals surface area (Å²) in [5.74, 6) is 3.91. The van der Waals surface area contributed by atoms with Crippen molar-refractivity contribution >= 4 is 5.91 Å². The van der Waals surface area contributed by atoms with E-state index in [2.05, 4.69) is 29.1 Å². The molecule has 5 aliphatic rings. The molecule has 1 aromatic heterocycles. The van der Waals surface area contributed by atoms with Crippen molar-refractivity contribution in [3.63, 3.8) is 0 Å². The van der Waals surface area contributed by atoms with Gasteiger partial charge >= 0.3 is 0 Å². The molecule has 4 bridgehead atoms. The largest absolute Gasteiger partial charge is 0.337 e. The second-order valence-electron chi connectivity index (χ2n) is 11.3. The average molecular weight is 434 g/mol. The van der Waals surface area contributed by atoms with Gasteiger partial charge < -0.3 is 9.42 Å². The maximum Gasteiger partial charge on any atom is 0.246 e. The molecule has 1 aromatic carbocycles. The van der Waals surface area contributed by atoms with E-state index in [4.69, 9.17) is 9.51 Å². The Balaban J connectivity index is 1.27. The van der Waals surface area contributed by atoms with E-state index in [0.29, 0.717) is 30.2 Å². The molecule has 1 amide bonds. The Bertz CT molecular complexity index is 955. The van der Waals surface area contributed by atoms with Crippen LogP contribution in [0.2, 0.25) is 0 Å². The molecule has 0 radical (unpaired) electrons. The van der Waals surface area contributed by atoms with E-state index in [1.165, 1.54) is 44.1 Å². The number of rotatable bonds is 5. The highest BCUT2D eigenvalue weighted by molar-refractivity contribution is 5.83. The summed E-state index contributed by atoms with van der Waals surface area (Å²) in [6.45, 7) is 2.53. The van der Waals surface area contributed by atoms with Crippen molar-refractivity contribution in [2.75, 3.05) is 0 Å². The van der Waals surface area contributed by atoms with Crippen molar-refractivity contribution in [3.05, 3.63) is 35.7 Å². The van der Waals surface area contributed by atoms with Crippen LogP contribution in [0.15, 0.2) is 28.8 Å². The number of amides is 1. The van der Waals surface area contributed by atoms with Crippen LogP contribution in [0.4, 0.5) is 0 Å². The molecule has 0 N–H and O–H groups in total. The number of aryl methyl sites for hydroxylation is 1. The first-order valence-electron chi connectivity index (χ1n) is 12.8. The van der Waals surface area contributed by atoms with Gasteiger partial charge in [0, 0.05) is 11.6 Å². The summed E-state index contributed by atoms with van der Waals surface area (Å²) < 4.78 is 5.69. The number of hydrogen-bond acceptors (Lipinski definition) is 4. The van der Waals surface area contributed by atoms with Gasteiger partial charge in [0.2, 0.25) is 17.6 Å². The molecule has 0 unspecified atom stereocenters. The zero-order valence-corrected chi connectivity index (χ0v) is 19.3. The Labute approximate surface area is 191 Å². The minimum absolute atomic E-state index is 0.119. The van der Waals surface area contributed by atoms with Gasteiger partial charge in [0.05, 0.1) is 5.41 Å². The van der Waals surface area contributed by atoms with Gasteiger partial charge in [-0.2, -0.15) is 4.98 Å². The summed E-state index contributed by atoms with van der Waals surface area (Å²) in [6.07, 6.45) is 13.3. The van der Waals surface area contributed by atoms with Crippen LogP contribution in [0, 0.1) is 30.1 Å². The second-order valence-corrected chi connectivity index (χ2v) is 11.3. The van der Waals surface area contributed by atoms with Gasteiger partial charge in [0.1, 0.15) is 6.54 Å². The van der Waals surface area contributed by atoms with E-state index < -0.39 is 0 Å². The Morgan fingerprint density at radius 1 is 1.06 bits per heavy atom. The van der Waals surface area contributed by atoms with Gasteiger partial charge in [0.15, 0.2) is 0 Å². The van der Waals surface area contributed by atoms with Gasteiger partial charge in [-0.15, -0.1) is 0 Å². The lowest BCUT2D eigenvalue weighted by atomic mass is 9.49. The van der Waals surface area contributed by atoms with Crippen molar-refractivity contribution in [2.24, 2.45) is 23.2 Å². The lowest BCUT2D eigenvalue weighted by Crippen LogP contribution is -2.56. The van der Waals surface area contributed by atoms with Crippen molar-refractivity contribution < 1.29 is 9.32 Å². The molecule has 32 heavy (non-hydrogen) atoms. The second kappa shape index (κ2) is 8.00. The topological polar surface area (TPSA) is 59.2 Å². The molecule has 0 atom stereocenters. The van der Waals surface area contributed by atoms with Gasteiger partial charge in [-0.25, -0.2) is 0 Å². The van der Waals surface area contributed by atoms with E-state index in [9.17, 15) is 4.79 Å². The normalized spacial score (nSPS) is 31.7. The van der Waals surface area contributed by atoms with E-state index >= 15 is 0 Å². The number of carbonyl (C=O) groups is 1. The number of hydrogen-bond donors (Lipinski definition) is 0. The van der Waals surface area contributed by atoms with Crippen molar-refractivity contribution in [3.8, 4) is 11.4 Å². The highest BCUT2D eigenvalue weighted by Gasteiger charge is 2.56. The van der Waals surface area contributed by atoms with E-state index in [1.807, 2.05) is 12.1 Å².